The van der Waals surface area contributed by atoms with Crippen molar-refractivity contribution < 1.29 is 34.8 Å². The van der Waals surface area contributed by atoms with Gasteiger partial charge in [0.2, 0.25) is 0 Å². The van der Waals surface area contributed by atoms with E-state index in [0.717, 1.165) is 0 Å². The number of thiophene rings is 1. The van der Waals surface area contributed by atoms with Crippen LogP contribution < -0.4 is 0 Å². The van der Waals surface area contributed by atoms with Crippen molar-refractivity contribution in [2.24, 2.45) is 0 Å². The first kappa shape index (κ1) is 15.4. The molecule has 0 radical (unpaired) electrons. The van der Waals surface area contributed by atoms with Crippen molar-refractivity contribution >= 4 is 29.9 Å². The highest BCUT2D eigenvalue weighted by molar-refractivity contribution is 7.11. The van der Waals surface area contributed by atoms with E-state index >= 15 is 0 Å². The van der Waals surface area contributed by atoms with Crippen molar-refractivity contribution in [3.05, 3.63) is 22.4 Å². The van der Waals surface area contributed by atoms with Crippen LogP contribution in [0.15, 0.2) is 17.5 Å². The molecular formula is C7H8O7S. The number of aromatic carboxylic acids is 1. The molecule has 0 bridgehead atoms. The van der Waals surface area contributed by atoms with E-state index < -0.39 is 12.1 Å². The average Bonchev–Trinajstić information content (AvgIpc) is 2.55. The summed E-state index contributed by atoms with van der Waals surface area (Å²) in [5.41, 5.74) is 0. The van der Waals surface area contributed by atoms with Crippen LogP contribution in [0.5, 0.6) is 0 Å². The maximum Gasteiger partial charge on any atom is 0.503 e. The highest BCUT2D eigenvalue weighted by Crippen LogP contribution is 2.06. The highest BCUT2D eigenvalue weighted by Gasteiger charge is 1.99. The summed E-state index contributed by atoms with van der Waals surface area (Å²) < 4.78 is 0. The molecule has 0 fully saturated rings. The smallest absolute Gasteiger partial charge is 0.483 e. The van der Waals surface area contributed by atoms with Gasteiger partial charge in [-0.05, 0) is 11.4 Å². The molecule has 4 N–H and O–H groups in total. The maximum atomic E-state index is 10.1. The fourth-order valence-electron chi connectivity index (χ4n) is 0.400. The summed E-state index contributed by atoms with van der Waals surface area (Å²) in [5.74, 6) is -0.847. The maximum absolute atomic E-state index is 10.1. The SMILES string of the molecule is O=C(O)O.O=C(O)c1cccs1.O=CO. The molecule has 0 atom stereocenters. The van der Waals surface area contributed by atoms with E-state index in [4.69, 9.17) is 30.0 Å². The Morgan fingerprint density at radius 1 is 1.27 bits per heavy atom. The van der Waals surface area contributed by atoms with Gasteiger partial charge >= 0.3 is 12.1 Å². The molecule has 1 rings (SSSR count). The number of hydrogen-bond donors (Lipinski definition) is 4. The summed E-state index contributed by atoms with van der Waals surface area (Å²) in [6.07, 6.45) is -1.83. The molecule has 0 aliphatic carbocycles. The number of rotatable bonds is 1. The second kappa shape index (κ2) is 9.99. The molecule has 0 saturated heterocycles. The summed E-state index contributed by atoms with van der Waals surface area (Å²) in [4.78, 5) is 27.4. The number of carbonyl (C=O) groups is 3. The molecule has 8 heteroatoms. The van der Waals surface area contributed by atoms with Crippen molar-refractivity contribution in [1.29, 1.82) is 0 Å². The van der Waals surface area contributed by atoms with Gasteiger partial charge in [-0.15, -0.1) is 11.3 Å². The molecule has 84 valence electrons. The molecule has 0 aliphatic rings. The second-order valence-electron chi connectivity index (χ2n) is 1.67. The molecule has 0 amide bonds. The number of hydrogen-bond acceptors (Lipinski definition) is 4. The van der Waals surface area contributed by atoms with Crippen LogP contribution in [0, 0.1) is 0 Å². The summed E-state index contributed by atoms with van der Waals surface area (Å²) >= 11 is 1.23. The Bertz CT molecular complexity index is 288. The molecule has 1 aromatic rings. The summed E-state index contributed by atoms with van der Waals surface area (Å²) in [6, 6.07) is 3.29. The van der Waals surface area contributed by atoms with E-state index in [-0.39, 0.29) is 6.47 Å². The zero-order valence-corrected chi connectivity index (χ0v) is 8.05. The Morgan fingerprint density at radius 2 is 1.67 bits per heavy atom. The predicted octanol–water partition coefficient (Wildman–Crippen LogP) is 1.37. The Hall–Kier alpha value is -2.09. The van der Waals surface area contributed by atoms with E-state index in [1.165, 1.54) is 11.3 Å². The standard InChI is InChI=1S/C5H4O2S.CH2O3.CH2O2/c6-5(7)4-2-1-3-8-4;2-1(3)4;2-1-3/h1-3H,(H,6,7);(H2,2,3,4);1H,(H,2,3). The van der Waals surface area contributed by atoms with Crippen LogP contribution in [-0.4, -0.2) is 39.0 Å². The van der Waals surface area contributed by atoms with Crippen LogP contribution in [0.3, 0.4) is 0 Å². The fourth-order valence-corrected chi connectivity index (χ4v) is 0.962. The third-order valence-corrected chi connectivity index (χ3v) is 1.59. The van der Waals surface area contributed by atoms with Gasteiger partial charge in [0.1, 0.15) is 4.88 Å². The number of carboxylic acids is 1. The van der Waals surface area contributed by atoms with Crippen LogP contribution in [-0.2, 0) is 4.79 Å². The Morgan fingerprint density at radius 3 is 1.80 bits per heavy atom. The van der Waals surface area contributed by atoms with Crippen molar-refractivity contribution in [3.8, 4) is 0 Å². The van der Waals surface area contributed by atoms with Crippen molar-refractivity contribution in [2.75, 3.05) is 0 Å². The largest absolute Gasteiger partial charge is 0.503 e. The monoisotopic (exact) mass is 236 g/mol. The first-order valence-electron chi connectivity index (χ1n) is 3.22. The molecule has 15 heavy (non-hydrogen) atoms. The van der Waals surface area contributed by atoms with Crippen molar-refractivity contribution in [1.82, 2.24) is 0 Å². The lowest BCUT2D eigenvalue weighted by Gasteiger charge is -1.78. The van der Waals surface area contributed by atoms with Gasteiger partial charge < -0.3 is 20.4 Å². The number of carboxylic acid groups (broad SMARTS) is 4. The Labute approximate surface area is 87.8 Å². The normalized spacial score (nSPS) is 7.20. The van der Waals surface area contributed by atoms with Crippen molar-refractivity contribution in [2.45, 2.75) is 0 Å². The molecule has 0 aliphatic heterocycles. The summed E-state index contributed by atoms with van der Waals surface area (Å²) in [7, 11) is 0. The predicted molar refractivity (Wildman–Crippen MR) is 50.6 cm³/mol. The quantitative estimate of drug-likeness (QED) is 0.541. The fraction of sp³-hybridized carbons (Fsp3) is 0. The van der Waals surface area contributed by atoms with Gasteiger partial charge in [-0.25, -0.2) is 9.59 Å². The van der Waals surface area contributed by atoms with E-state index in [2.05, 4.69) is 0 Å². The third kappa shape index (κ3) is 14.7. The van der Waals surface area contributed by atoms with Gasteiger partial charge in [-0.1, -0.05) is 6.07 Å². The molecule has 0 spiro atoms. The van der Waals surface area contributed by atoms with Gasteiger partial charge in [0, 0.05) is 0 Å². The van der Waals surface area contributed by atoms with Crippen LogP contribution >= 0.6 is 11.3 Å². The lowest BCUT2D eigenvalue weighted by molar-refractivity contribution is -0.122. The van der Waals surface area contributed by atoms with Crippen molar-refractivity contribution in [3.63, 3.8) is 0 Å². The van der Waals surface area contributed by atoms with E-state index in [9.17, 15) is 4.79 Å². The van der Waals surface area contributed by atoms with E-state index in [1.54, 1.807) is 17.5 Å². The molecule has 7 nitrogen and oxygen atoms in total. The average molecular weight is 236 g/mol. The first-order valence-corrected chi connectivity index (χ1v) is 4.10. The van der Waals surface area contributed by atoms with E-state index in [0.29, 0.717) is 4.88 Å². The minimum absolute atomic E-state index is 0.250. The second-order valence-corrected chi connectivity index (χ2v) is 2.62. The van der Waals surface area contributed by atoms with Gasteiger partial charge in [0.05, 0.1) is 0 Å². The zero-order chi connectivity index (χ0) is 12.3. The first-order chi connectivity index (χ1) is 6.95. The molecule has 0 saturated carbocycles. The Kier molecular flexibility index (Phi) is 10.3. The summed E-state index contributed by atoms with van der Waals surface area (Å²) in [5, 5.41) is 30.9. The topological polar surface area (TPSA) is 132 Å². The van der Waals surface area contributed by atoms with Crippen LogP contribution in [0.4, 0.5) is 4.79 Å². The lowest BCUT2D eigenvalue weighted by Crippen LogP contribution is -1.89. The van der Waals surface area contributed by atoms with Gasteiger partial charge in [-0.3, -0.25) is 4.79 Å². The zero-order valence-electron chi connectivity index (χ0n) is 7.23. The third-order valence-electron chi connectivity index (χ3n) is 0.732. The lowest BCUT2D eigenvalue weighted by atomic mass is 10.5. The molecule has 1 aromatic heterocycles. The van der Waals surface area contributed by atoms with Crippen LogP contribution in [0.1, 0.15) is 9.67 Å². The van der Waals surface area contributed by atoms with Crippen LogP contribution in [0.25, 0.3) is 0 Å². The van der Waals surface area contributed by atoms with Crippen LogP contribution in [0.2, 0.25) is 0 Å². The van der Waals surface area contributed by atoms with E-state index in [1.807, 2.05) is 0 Å². The van der Waals surface area contributed by atoms with Gasteiger partial charge in [-0.2, -0.15) is 0 Å². The summed E-state index contributed by atoms with van der Waals surface area (Å²) in [6.45, 7) is -0.250. The molecular weight excluding hydrogens is 228 g/mol. The molecule has 0 unspecified atom stereocenters. The highest BCUT2D eigenvalue weighted by atomic mass is 32.1. The van der Waals surface area contributed by atoms with Gasteiger partial charge in [0.15, 0.2) is 0 Å². The minimum atomic E-state index is -1.83. The molecule has 1 heterocycles. The van der Waals surface area contributed by atoms with Gasteiger partial charge in [0.25, 0.3) is 6.47 Å². The Balaban J connectivity index is 0. The molecule has 0 aromatic carbocycles. The minimum Gasteiger partial charge on any atom is -0.483 e.